The molecule has 53 heavy (non-hydrogen) atoms. The van der Waals surface area contributed by atoms with Gasteiger partial charge in [0.15, 0.2) is 0 Å². The lowest BCUT2D eigenvalue weighted by Crippen LogP contribution is -2.35. The summed E-state index contributed by atoms with van der Waals surface area (Å²) in [6, 6.07) is 0. The van der Waals surface area contributed by atoms with Gasteiger partial charge >= 0.3 is 0 Å². The van der Waals surface area contributed by atoms with Crippen LogP contribution in [-0.2, 0) is 0 Å². The average molecular weight is 739 g/mol. The van der Waals surface area contributed by atoms with Crippen LogP contribution < -0.4 is 0 Å². The molecule has 6 rings (SSSR count). The molecular weight excluding hydrogens is 637 g/mol. The van der Waals surface area contributed by atoms with Crippen molar-refractivity contribution in [1.82, 2.24) is 0 Å². The summed E-state index contributed by atoms with van der Waals surface area (Å²) >= 11 is 0. The summed E-state index contributed by atoms with van der Waals surface area (Å²) < 4.78 is 0. The van der Waals surface area contributed by atoms with Gasteiger partial charge in [-0.05, 0) is 134 Å². The summed E-state index contributed by atoms with van der Waals surface area (Å²) in [6.45, 7) is 43.7. The third-order valence-electron chi connectivity index (χ3n) is 15.7. The summed E-state index contributed by atoms with van der Waals surface area (Å²) in [7, 11) is 0. The lowest BCUT2D eigenvalue weighted by molar-refractivity contribution is 0.0520. The monoisotopic (exact) mass is 739 g/mol. The Bertz CT molecular complexity index is 951. The SMILES string of the molecule is C=C1CCCCC1(C)C.C=C1CCCCC1C.CC1(C)CCCC(C)(C)C1.CC1(C)CCCCC1(C)C.CC1CCCC[C@@H]1C.C[C@@H]1CCC[C@H](C)C1. The summed E-state index contributed by atoms with van der Waals surface area (Å²) in [5.41, 5.74) is 5.74. The predicted octanol–water partition coefficient (Wildman–Crippen LogP) is 18.8. The van der Waals surface area contributed by atoms with Crippen molar-refractivity contribution < 1.29 is 0 Å². The summed E-state index contributed by atoms with van der Waals surface area (Å²) in [6.07, 6.45) is 34.0. The molecule has 314 valence electrons. The Balaban J connectivity index is 0.000000319. The molecule has 6 aliphatic rings. The van der Waals surface area contributed by atoms with Crippen molar-refractivity contribution in [2.75, 3.05) is 0 Å². The van der Waals surface area contributed by atoms with E-state index in [2.05, 4.69) is 117 Å². The third-order valence-corrected chi connectivity index (χ3v) is 15.7. The molecule has 0 aromatic rings. The first-order chi connectivity index (χ1) is 24.4. The van der Waals surface area contributed by atoms with Gasteiger partial charge in [0.25, 0.3) is 0 Å². The van der Waals surface area contributed by atoms with Crippen molar-refractivity contribution in [3.63, 3.8) is 0 Å². The lowest BCUT2D eigenvalue weighted by Gasteiger charge is -2.45. The van der Waals surface area contributed by atoms with Gasteiger partial charge < -0.3 is 0 Å². The van der Waals surface area contributed by atoms with Gasteiger partial charge in [0.1, 0.15) is 0 Å². The molecule has 5 atom stereocenters. The smallest absolute Gasteiger partial charge is 0.0147 e. The Morgan fingerprint density at radius 3 is 1.13 bits per heavy atom. The van der Waals surface area contributed by atoms with Crippen molar-refractivity contribution in [1.29, 1.82) is 0 Å². The van der Waals surface area contributed by atoms with E-state index in [1.165, 1.54) is 165 Å². The van der Waals surface area contributed by atoms with E-state index in [9.17, 15) is 0 Å². The van der Waals surface area contributed by atoms with Gasteiger partial charge in [0.2, 0.25) is 0 Å². The molecule has 0 nitrogen and oxygen atoms in total. The van der Waals surface area contributed by atoms with Crippen LogP contribution >= 0.6 is 0 Å². The maximum absolute atomic E-state index is 4.07. The Morgan fingerprint density at radius 2 is 0.868 bits per heavy atom. The second kappa shape index (κ2) is 23.6. The largest absolute Gasteiger partial charge is 0.0996 e. The van der Waals surface area contributed by atoms with Crippen LogP contribution in [0.2, 0.25) is 0 Å². The molecule has 0 heteroatoms. The van der Waals surface area contributed by atoms with Crippen LogP contribution in [0.25, 0.3) is 0 Å². The molecule has 0 saturated heterocycles. The zero-order valence-corrected chi connectivity index (χ0v) is 39.8. The molecule has 6 aliphatic carbocycles. The van der Waals surface area contributed by atoms with Crippen LogP contribution in [-0.4, -0.2) is 0 Å². The number of hydrogen-bond acceptors (Lipinski definition) is 0. The predicted molar refractivity (Wildman–Crippen MR) is 244 cm³/mol. The van der Waals surface area contributed by atoms with E-state index in [0.29, 0.717) is 27.1 Å². The summed E-state index contributed by atoms with van der Waals surface area (Å²) in [5, 5.41) is 0. The number of hydrogen-bond donors (Lipinski definition) is 0. The Labute approximate surface area is 337 Å². The molecule has 0 aromatic carbocycles. The van der Waals surface area contributed by atoms with Crippen molar-refractivity contribution in [2.24, 2.45) is 56.7 Å². The van der Waals surface area contributed by atoms with Crippen molar-refractivity contribution >= 4 is 0 Å². The minimum absolute atomic E-state index is 0.443. The third kappa shape index (κ3) is 21.0. The first kappa shape index (κ1) is 50.5. The van der Waals surface area contributed by atoms with Gasteiger partial charge in [-0.1, -0.05) is 205 Å². The van der Waals surface area contributed by atoms with E-state index in [1.807, 2.05) is 0 Å². The molecule has 0 spiro atoms. The molecule has 0 aliphatic heterocycles. The Kier molecular flexibility index (Phi) is 22.5. The molecule has 0 N–H and O–H groups in total. The molecule has 0 heterocycles. The van der Waals surface area contributed by atoms with E-state index >= 15 is 0 Å². The highest BCUT2D eigenvalue weighted by atomic mass is 14.4. The molecule has 0 amide bonds. The van der Waals surface area contributed by atoms with E-state index < -0.39 is 0 Å². The molecule has 0 radical (unpaired) electrons. The molecule has 2 unspecified atom stereocenters. The fourth-order valence-corrected chi connectivity index (χ4v) is 10.2. The summed E-state index contributed by atoms with van der Waals surface area (Å²) in [4.78, 5) is 0. The fourth-order valence-electron chi connectivity index (χ4n) is 10.2. The first-order valence-electron chi connectivity index (χ1n) is 23.8. The van der Waals surface area contributed by atoms with E-state index in [1.54, 1.807) is 0 Å². The molecular formula is C53H102. The molecule has 0 bridgehead atoms. The second-order valence-corrected chi connectivity index (χ2v) is 23.4. The van der Waals surface area contributed by atoms with Crippen LogP contribution in [0.15, 0.2) is 24.3 Å². The highest BCUT2D eigenvalue weighted by Gasteiger charge is 2.38. The van der Waals surface area contributed by atoms with Crippen molar-refractivity contribution in [3.05, 3.63) is 24.3 Å². The van der Waals surface area contributed by atoms with Crippen molar-refractivity contribution in [2.45, 2.75) is 258 Å². The van der Waals surface area contributed by atoms with E-state index in [-0.39, 0.29) is 0 Å². The van der Waals surface area contributed by atoms with Crippen LogP contribution in [0, 0.1) is 56.7 Å². The minimum Gasteiger partial charge on any atom is -0.0996 e. The quantitative estimate of drug-likeness (QED) is 0.217. The lowest BCUT2D eigenvalue weighted by atomic mass is 9.60. The van der Waals surface area contributed by atoms with Gasteiger partial charge in [-0.15, -0.1) is 0 Å². The molecule has 6 fully saturated rings. The summed E-state index contributed by atoms with van der Waals surface area (Å²) in [5.74, 6) is 4.84. The Morgan fingerprint density at radius 1 is 0.434 bits per heavy atom. The topological polar surface area (TPSA) is 0 Å². The number of allylic oxidation sites excluding steroid dienone is 2. The zero-order chi connectivity index (χ0) is 40.5. The highest BCUT2D eigenvalue weighted by molar-refractivity contribution is 5.09. The van der Waals surface area contributed by atoms with Gasteiger partial charge in [-0.2, -0.15) is 0 Å². The van der Waals surface area contributed by atoms with Crippen LogP contribution in [0.3, 0.4) is 0 Å². The van der Waals surface area contributed by atoms with Crippen molar-refractivity contribution in [3.8, 4) is 0 Å². The van der Waals surface area contributed by atoms with Crippen LogP contribution in [0.4, 0.5) is 0 Å². The Hall–Kier alpha value is -0.520. The first-order valence-corrected chi connectivity index (χ1v) is 23.8. The van der Waals surface area contributed by atoms with Crippen LogP contribution in [0.5, 0.6) is 0 Å². The fraction of sp³-hybridized carbons (Fsp3) is 0.925. The van der Waals surface area contributed by atoms with Gasteiger partial charge in [0, 0.05) is 0 Å². The normalized spacial score (nSPS) is 32.4. The van der Waals surface area contributed by atoms with Crippen LogP contribution in [0.1, 0.15) is 258 Å². The van der Waals surface area contributed by atoms with E-state index in [0.717, 1.165) is 29.6 Å². The molecule has 0 aromatic heterocycles. The average Bonchev–Trinajstić information content (AvgIpc) is 3.03. The van der Waals surface area contributed by atoms with Gasteiger partial charge in [-0.25, -0.2) is 0 Å². The minimum atomic E-state index is 0.443. The maximum atomic E-state index is 4.07. The van der Waals surface area contributed by atoms with Gasteiger partial charge in [-0.3, -0.25) is 0 Å². The van der Waals surface area contributed by atoms with Gasteiger partial charge in [0.05, 0.1) is 0 Å². The zero-order valence-electron chi connectivity index (χ0n) is 39.8. The number of rotatable bonds is 0. The second-order valence-electron chi connectivity index (χ2n) is 23.4. The molecule has 6 saturated carbocycles. The maximum Gasteiger partial charge on any atom is -0.0147 e. The standard InChI is InChI=1S/2C10H20.C9H16.2C8H16.C8H14/c1-9(2)6-5-7-10(3,4)8-9;1-9(2)7-5-6-8-10(9,3)4;1-8-6-4-5-7-9(8,2)3;1-7-4-3-5-8(2)6-7;2*1-7-5-3-4-6-8(7)2/h2*5-8H2,1-4H3;1,4-7H2,2-3H3;2*7-8H,3-6H2,1-2H3;8H,1,3-6H2,2H3/t;;;7-,8+;7-,8?;/m....0./s1. The van der Waals surface area contributed by atoms with E-state index in [4.69, 9.17) is 0 Å². The highest BCUT2D eigenvalue weighted by Crippen LogP contribution is 2.49.